The van der Waals surface area contributed by atoms with Crippen molar-refractivity contribution < 1.29 is 14.3 Å². The van der Waals surface area contributed by atoms with Crippen LogP contribution in [0.3, 0.4) is 0 Å². The lowest BCUT2D eigenvalue weighted by molar-refractivity contribution is -0.139. The quantitative estimate of drug-likeness (QED) is 0.363. The number of hydrogen-bond donors (Lipinski definition) is 2. The van der Waals surface area contributed by atoms with Gasteiger partial charge < -0.3 is 10.1 Å². The van der Waals surface area contributed by atoms with Gasteiger partial charge in [0.05, 0.1) is 13.3 Å². The molecule has 6 nitrogen and oxygen atoms in total. The molecule has 1 rings (SSSR count). The Labute approximate surface area is 128 Å². The molecule has 1 aromatic rings. The van der Waals surface area contributed by atoms with Crippen LogP contribution < -0.4 is 15.5 Å². The number of carbonyl (C=O) groups is 2. The Hall–Kier alpha value is -2.08. The maximum Gasteiger partial charge on any atom is 0.329 e. The topological polar surface area (TPSA) is 79.8 Å². The summed E-state index contributed by atoms with van der Waals surface area (Å²) in [4.78, 5) is 22.8. The maximum atomic E-state index is 11.5. The van der Waals surface area contributed by atoms with Crippen LogP contribution in [-0.4, -0.2) is 31.7 Å². The van der Waals surface area contributed by atoms with E-state index in [0.717, 1.165) is 12.8 Å². The van der Waals surface area contributed by atoms with Gasteiger partial charge in [0.25, 0.3) is 0 Å². The Balaban J connectivity index is 2.56. The Bertz CT molecular complexity index is 532. The van der Waals surface area contributed by atoms with Crippen LogP contribution in [0, 0.1) is 0 Å². The number of halogens is 1. The molecule has 2 N–H and O–H groups in total. The Morgan fingerprint density at radius 2 is 2.14 bits per heavy atom. The summed E-state index contributed by atoms with van der Waals surface area (Å²) in [6.45, 7) is 2.46. The third-order valence-electron chi connectivity index (χ3n) is 2.58. The van der Waals surface area contributed by atoms with Gasteiger partial charge in [-0.1, -0.05) is 24.9 Å². The lowest BCUT2D eigenvalue weighted by atomic mass is 10.2. The van der Waals surface area contributed by atoms with Crippen molar-refractivity contribution in [1.29, 1.82) is 0 Å². The van der Waals surface area contributed by atoms with E-state index in [1.807, 2.05) is 6.92 Å². The number of ether oxygens (including phenoxy) is 1. The fourth-order valence-electron chi connectivity index (χ4n) is 1.48. The SMILES string of the molecule is CCCCNC(=O)C(=O)N/N=C\c1cc(Cl)ccc1OC. The van der Waals surface area contributed by atoms with Gasteiger partial charge in [-0.05, 0) is 24.6 Å². The van der Waals surface area contributed by atoms with Crippen LogP contribution in [0.15, 0.2) is 23.3 Å². The molecule has 0 bridgehead atoms. The zero-order chi connectivity index (χ0) is 15.7. The molecule has 0 aromatic heterocycles. The van der Waals surface area contributed by atoms with Gasteiger partial charge in [0.1, 0.15) is 5.75 Å². The minimum Gasteiger partial charge on any atom is -0.496 e. The second-order valence-electron chi connectivity index (χ2n) is 4.19. The molecule has 0 atom stereocenters. The van der Waals surface area contributed by atoms with Crippen LogP contribution in [0.4, 0.5) is 0 Å². The number of hydrazone groups is 1. The summed E-state index contributed by atoms with van der Waals surface area (Å²) in [6, 6.07) is 5.00. The van der Waals surface area contributed by atoms with Crippen molar-refractivity contribution in [2.45, 2.75) is 19.8 Å². The van der Waals surface area contributed by atoms with Crippen molar-refractivity contribution in [3.05, 3.63) is 28.8 Å². The molecule has 0 radical (unpaired) electrons. The zero-order valence-electron chi connectivity index (χ0n) is 12.0. The molecular weight excluding hydrogens is 294 g/mol. The van der Waals surface area contributed by atoms with Crippen LogP contribution in [-0.2, 0) is 9.59 Å². The summed E-state index contributed by atoms with van der Waals surface area (Å²) < 4.78 is 5.13. The number of nitrogens with one attached hydrogen (secondary N) is 2. The van der Waals surface area contributed by atoms with Crippen molar-refractivity contribution in [2.75, 3.05) is 13.7 Å². The van der Waals surface area contributed by atoms with Crippen LogP contribution >= 0.6 is 11.6 Å². The third kappa shape index (κ3) is 5.83. The fourth-order valence-corrected chi connectivity index (χ4v) is 1.66. The summed E-state index contributed by atoms with van der Waals surface area (Å²) in [6.07, 6.45) is 3.12. The molecule has 0 heterocycles. The predicted octanol–water partition coefficient (Wildman–Crippen LogP) is 1.71. The minimum atomic E-state index is -0.816. The van der Waals surface area contributed by atoms with Crippen LogP contribution in [0.1, 0.15) is 25.3 Å². The molecule has 0 aliphatic rings. The lowest BCUT2D eigenvalue weighted by Gasteiger charge is -2.05. The van der Waals surface area contributed by atoms with Crippen LogP contribution in [0.2, 0.25) is 5.02 Å². The first kappa shape index (κ1) is 17.0. The monoisotopic (exact) mass is 311 g/mol. The van der Waals surface area contributed by atoms with Crippen LogP contribution in [0.25, 0.3) is 0 Å². The van der Waals surface area contributed by atoms with E-state index in [1.165, 1.54) is 13.3 Å². The molecule has 0 fully saturated rings. The summed E-state index contributed by atoms with van der Waals surface area (Å²) in [5, 5.41) is 6.72. The van der Waals surface area contributed by atoms with Gasteiger partial charge in [0, 0.05) is 17.1 Å². The van der Waals surface area contributed by atoms with Crippen molar-refractivity contribution in [2.24, 2.45) is 5.10 Å². The van der Waals surface area contributed by atoms with Gasteiger partial charge in [0.2, 0.25) is 0 Å². The number of methoxy groups -OCH3 is 1. The van der Waals surface area contributed by atoms with Crippen molar-refractivity contribution >= 4 is 29.6 Å². The second kappa shape index (κ2) is 8.97. The molecule has 114 valence electrons. The van der Waals surface area contributed by atoms with E-state index in [-0.39, 0.29) is 0 Å². The second-order valence-corrected chi connectivity index (χ2v) is 4.63. The first-order valence-corrected chi connectivity index (χ1v) is 6.91. The van der Waals surface area contributed by atoms with E-state index in [1.54, 1.807) is 18.2 Å². The van der Waals surface area contributed by atoms with Crippen molar-refractivity contribution in [3.63, 3.8) is 0 Å². The molecule has 7 heteroatoms. The van der Waals surface area contributed by atoms with E-state index >= 15 is 0 Å². The molecule has 0 aliphatic heterocycles. The Morgan fingerprint density at radius 3 is 2.81 bits per heavy atom. The number of carbonyl (C=O) groups excluding carboxylic acids is 2. The molecule has 0 saturated carbocycles. The molecule has 0 saturated heterocycles. The summed E-state index contributed by atoms with van der Waals surface area (Å²) in [5.41, 5.74) is 2.74. The van der Waals surface area contributed by atoms with E-state index in [9.17, 15) is 9.59 Å². The van der Waals surface area contributed by atoms with Gasteiger partial charge in [-0.3, -0.25) is 9.59 Å². The minimum absolute atomic E-state index is 0.467. The number of nitrogens with zero attached hydrogens (tertiary/aromatic N) is 1. The molecule has 0 spiro atoms. The molecule has 0 aliphatic carbocycles. The van der Waals surface area contributed by atoms with E-state index in [0.29, 0.717) is 22.9 Å². The van der Waals surface area contributed by atoms with Crippen LogP contribution in [0.5, 0.6) is 5.75 Å². The Morgan fingerprint density at radius 1 is 1.38 bits per heavy atom. The highest BCUT2D eigenvalue weighted by molar-refractivity contribution is 6.35. The largest absolute Gasteiger partial charge is 0.496 e. The summed E-state index contributed by atoms with van der Waals surface area (Å²) >= 11 is 5.87. The number of hydrogen-bond acceptors (Lipinski definition) is 4. The number of benzene rings is 1. The highest BCUT2D eigenvalue weighted by Gasteiger charge is 2.11. The standard InChI is InChI=1S/C14H18ClN3O3/c1-3-4-7-16-13(19)14(20)18-17-9-10-8-11(15)5-6-12(10)21-2/h5-6,8-9H,3-4,7H2,1-2H3,(H,16,19)(H,18,20)/b17-9-. The Kier molecular flexibility index (Phi) is 7.25. The van der Waals surface area contributed by atoms with E-state index in [4.69, 9.17) is 16.3 Å². The first-order valence-electron chi connectivity index (χ1n) is 6.53. The van der Waals surface area contributed by atoms with Crippen molar-refractivity contribution in [1.82, 2.24) is 10.7 Å². The van der Waals surface area contributed by atoms with Crippen molar-refractivity contribution in [3.8, 4) is 5.75 Å². The summed E-state index contributed by atoms with van der Waals surface area (Å²) in [5.74, 6) is -0.966. The van der Waals surface area contributed by atoms with Gasteiger partial charge in [0.15, 0.2) is 0 Å². The average molecular weight is 312 g/mol. The zero-order valence-corrected chi connectivity index (χ0v) is 12.7. The highest BCUT2D eigenvalue weighted by Crippen LogP contribution is 2.20. The third-order valence-corrected chi connectivity index (χ3v) is 2.82. The van der Waals surface area contributed by atoms with Gasteiger partial charge in [-0.2, -0.15) is 5.10 Å². The fraction of sp³-hybridized carbons (Fsp3) is 0.357. The van der Waals surface area contributed by atoms with Gasteiger partial charge in [-0.25, -0.2) is 5.43 Å². The molecule has 0 unspecified atom stereocenters. The lowest BCUT2D eigenvalue weighted by Crippen LogP contribution is -2.38. The molecule has 2 amide bonds. The van der Waals surface area contributed by atoms with E-state index < -0.39 is 11.8 Å². The normalized spacial score (nSPS) is 10.4. The summed E-state index contributed by atoms with van der Waals surface area (Å²) in [7, 11) is 1.51. The molecular formula is C14H18ClN3O3. The highest BCUT2D eigenvalue weighted by atomic mass is 35.5. The average Bonchev–Trinajstić information content (AvgIpc) is 2.47. The predicted molar refractivity (Wildman–Crippen MR) is 81.7 cm³/mol. The molecule has 1 aromatic carbocycles. The number of rotatable bonds is 6. The van der Waals surface area contributed by atoms with E-state index in [2.05, 4.69) is 15.8 Å². The number of amides is 2. The van der Waals surface area contributed by atoms with Gasteiger partial charge in [-0.15, -0.1) is 0 Å². The maximum absolute atomic E-state index is 11.5. The number of unbranched alkanes of at least 4 members (excludes halogenated alkanes) is 1. The molecule has 21 heavy (non-hydrogen) atoms. The van der Waals surface area contributed by atoms with Gasteiger partial charge >= 0.3 is 11.8 Å². The first-order chi connectivity index (χ1) is 10.1. The smallest absolute Gasteiger partial charge is 0.329 e.